The van der Waals surface area contributed by atoms with Gasteiger partial charge in [0.1, 0.15) is 5.84 Å². The van der Waals surface area contributed by atoms with Crippen LogP contribution in [0.2, 0.25) is 10.0 Å². The minimum absolute atomic E-state index is 0.155. The first-order chi connectivity index (χ1) is 17.6. The Morgan fingerprint density at radius 1 is 1.08 bits per heavy atom. The van der Waals surface area contributed by atoms with Crippen LogP contribution in [0.4, 0.5) is 5.69 Å². The Morgan fingerprint density at radius 3 is 2.49 bits per heavy atom. The van der Waals surface area contributed by atoms with Crippen molar-refractivity contribution >= 4 is 34.7 Å². The van der Waals surface area contributed by atoms with Crippen molar-refractivity contribution in [2.45, 2.75) is 51.1 Å². The summed E-state index contributed by atoms with van der Waals surface area (Å²) in [5, 5.41) is 5.54. The molecular formula is C31H36Cl2N4. The quantitative estimate of drug-likeness (QED) is 0.280. The van der Waals surface area contributed by atoms with Crippen molar-refractivity contribution < 1.29 is 0 Å². The van der Waals surface area contributed by atoms with Crippen molar-refractivity contribution in [1.82, 2.24) is 5.32 Å². The van der Waals surface area contributed by atoms with Gasteiger partial charge >= 0.3 is 0 Å². The molecule has 194 valence electrons. The summed E-state index contributed by atoms with van der Waals surface area (Å²) in [6.45, 7) is 9.55. The summed E-state index contributed by atoms with van der Waals surface area (Å²) in [5.41, 5.74) is 12.0. The highest BCUT2D eigenvalue weighted by molar-refractivity contribution is 6.31. The highest BCUT2D eigenvalue weighted by atomic mass is 35.5. The summed E-state index contributed by atoms with van der Waals surface area (Å²) in [5.74, 6) is 0.787. The monoisotopic (exact) mass is 534 g/mol. The summed E-state index contributed by atoms with van der Waals surface area (Å²) in [4.78, 5) is 6.63. The predicted octanol–water partition coefficient (Wildman–Crippen LogP) is 6.78. The lowest BCUT2D eigenvalue weighted by Crippen LogP contribution is -2.48. The maximum absolute atomic E-state index is 6.84. The van der Waals surface area contributed by atoms with Crippen molar-refractivity contribution in [3.05, 3.63) is 99.0 Å². The van der Waals surface area contributed by atoms with Gasteiger partial charge in [0, 0.05) is 65.4 Å². The Morgan fingerprint density at radius 2 is 1.81 bits per heavy atom. The number of halogens is 2. The van der Waals surface area contributed by atoms with E-state index in [1.54, 1.807) is 7.05 Å². The third kappa shape index (κ3) is 4.87. The molecule has 37 heavy (non-hydrogen) atoms. The van der Waals surface area contributed by atoms with Crippen LogP contribution in [0.3, 0.4) is 0 Å². The molecule has 0 bridgehead atoms. The van der Waals surface area contributed by atoms with E-state index in [4.69, 9.17) is 28.9 Å². The fraction of sp³-hybridized carbons (Fsp3) is 0.387. The zero-order valence-electron chi connectivity index (χ0n) is 22.1. The van der Waals surface area contributed by atoms with Crippen LogP contribution in [0.5, 0.6) is 0 Å². The van der Waals surface area contributed by atoms with E-state index in [1.165, 1.54) is 22.4 Å². The second-order valence-electron chi connectivity index (χ2n) is 11.7. The number of nitrogens with one attached hydrogen (secondary N) is 1. The molecule has 1 fully saturated rings. The van der Waals surface area contributed by atoms with Gasteiger partial charge in [-0.25, -0.2) is 0 Å². The van der Waals surface area contributed by atoms with Crippen LogP contribution >= 0.6 is 23.2 Å². The number of rotatable bonds is 5. The molecule has 0 amide bonds. The van der Waals surface area contributed by atoms with Gasteiger partial charge in [0.05, 0.1) is 0 Å². The Hall–Kier alpha value is -2.53. The number of nitrogens with two attached hydrogens (primary N) is 1. The second-order valence-corrected chi connectivity index (χ2v) is 12.5. The number of hydrogen-bond donors (Lipinski definition) is 2. The molecule has 1 saturated heterocycles. The van der Waals surface area contributed by atoms with Gasteiger partial charge in [-0.3, -0.25) is 4.99 Å². The lowest BCUT2D eigenvalue weighted by Gasteiger charge is -2.40. The third-order valence-corrected chi connectivity index (χ3v) is 8.61. The zero-order valence-corrected chi connectivity index (χ0v) is 23.6. The molecule has 4 nitrogen and oxygen atoms in total. The molecule has 5 rings (SSSR count). The molecule has 0 aromatic heterocycles. The summed E-state index contributed by atoms with van der Waals surface area (Å²) in [7, 11) is 1.72. The van der Waals surface area contributed by atoms with Crippen molar-refractivity contribution in [2.24, 2.45) is 16.1 Å². The fourth-order valence-corrected chi connectivity index (χ4v) is 6.83. The van der Waals surface area contributed by atoms with Crippen LogP contribution in [0, 0.1) is 5.41 Å². The molecule has 0 unspecified atom stereocenters. The molecule has 1 spiro atoms. The first kappa shape index (κ1) is 26.1. The molecule has 0 aliphatic carbocycles. The number of amidine groups is 1. The molecule has 6 heteroatoms. The molecule has 0 saturated carbocycles. The SMILES string of the molecule is CN=C(N)c1ccc(CN2C[C@]3(c4cc(Cl)ccc42)[C@H](CC(C)(C)C)NC[C@@H]3c2ccccc2Cl)cc1. The summed E-state index contributed by atoms with van der Waals surface area (Å²) in [6, 6.07) is 23.4. The Labute approximate surface area is 230 Å². The zero-order chi connectivity index (χ0) is 26.4. The van der Waals surface area contributed by atoms with E-state index in [-0.39, 0.29) is 16.7 Å². The predicted molar refractivity (Wildman–Crippen MR) is 157 cm³/mol. The molecule has 2 aliphatic rings. The molecule has 0 radical (unpaired) electrons. The van der Waals surface area contributed by atoms with Crippen molar-refractivity contribution in [2.75, 3.05) is 25.0 Å². The second kappa shape index (κ2) is 9.98. The highest BCUT2D eigenvalue weighted by Crippen LogP contribution is 2.56. The average Bonchev–Trinajstić information content (AvgIpc) is 3.36. The molecule has 3 aromatic carbocycles. The molecule has 2 aliphatic heterocycles. The van der Waals surface area contributed by atoms with Gasteiger partial charge < -0.3 is 16.0 Å². The van der Waals surface area contributed by atoms with Gasteiger partial charge in [0.25, 0.3) is 0 Å². The highest BCUT2D eigenvalue weighted by Gasteiger charge is 2.57. The Bertz CT molecular complexity index is 1310. The lowest BCUT2D eigenvalue weighted by atomic mass is 9.64. The molecular weight excluding hydrogens is 499 g/mol. The maximum atomic E-state index is 6.84. The van der Waals surface area contributed by atoms with Gasteiger partial charge in [0.15, 0.2) is 0 Å². The van der Waals surface area contributed by atoms with E-state index in [9.17, 15) is 0 Å². The van der Waals surface area contributed by atoms with E-state index in [0.29, 0.717) is 11.9 Å². The average molecular weight is 536 g/mol. The van der Waals surface area contributed by atoms with Crippen LogP contribution in [-0.4, -0.2) is 32.0 Å². The van der Waals surface area contributed by atoms with E-state index >= 15 is 0 Å². The Balaban J connectivity index is 1.60. The first-order valence-corrected chi connectivity index (χ1v) is 13.7. The smallest absolute Gasteiger partial charge is 0.125 e. The topological polar surface area (TPSA) is 53.6 Å². The van der Waals surface area contributed by atoms with Crippen molar-refractivity contribution in [3.8, 4) is 0 Å². The minimum atomic E-state index is -0.155. The van der Waals surface area contributed by atoms with Crippen LogP contribution in [0.15, 0.2) is 71.7 Å². The summed E-state index contributed by atoms with van der Waals surface area (Å²) in [6.07, 6.45) is 1.05. The van der Waals surface area contributed by atoms with Crippen molar-refractivity contribution in [3.63, 3.8) is 0 Å². The number of hydrogen-bond acceptors (Lipinski definition) is 3. The van der Waals surface area contributed by atoms with E-state index in [0.717, 1.165) is 41.7 Å². The normalized spacial score (nSPS) is 23.6. The number of benzene rings is 3. The Kier molecular flexibility index (Phi) is 7.04. The van der Waals surface area contributed by atoms with Crippen LogP contribution in [0.25, 0.3) is 0 Å². The summed E-state index contributed by atoms with van der Waals surface area (Å²) < 4.78 is 0. The van der Waals surface area contributed by atoms with E-state index in [1.807, 2.05) is 18.2 Å². The summed E-state index contributed by atoms with van der Waals surface area (Å²) >= 11 is 13.5. The standard InChI is InChI=1S/C31H36Cl2N4/c1-30(2,3)16-28-31(25(17-36-28)23-7-5-6-8-26(23)33)19-37(27-14-13-22(32)15-24(27)31)18-20-9-11-21(12-10-20)29(34)35-4/h5-15,25,28,36H,16-19H2,1-4H3,(H2,34,35)/t25-,28+,31-/m1/s1. The van der Waals surface area contributed by atoms with E-state index < -0.39 is 0 Å². The van der Waals surface area contributed by atoms with Gasteiger partial charge in [-0.1, -0.05) is 86.4 Å². The molecule has 3 aromatic rings. The number of nitrogens with zero attached hydrogens (tertiary/aromatic N) is 2. The van der Waals surface area contributed by atoms with Gasteiger partial charge in [-0.05, 0) is 52.8 Å². The van der Waals surface area contributed by atoms with Crippen LogP contribution in [0.1, 0.15) is 55.4 Å². The largest absolute Gasteiger partial charge is 0.384 e. The fourth-order valence-electron chi connectivity index (χ4n) is 6.39. The van der Waals surface area contributed by atoms with Gasteiger partial charge in [0.2, 0.25) is 0 Å². The number of fused-ring (bicyclic) bond motifs is 2. The lowest BCUT2D eigenvalue weighted by molar-refractivity contribution is 0.256. The van der Waals surface area contributed by atoms with E-state index in [2.05, 4.69) is 84.5 Å². The van der Waals surface area contributed by atoms with Gasteiger partial charge in [-0.15, -0.1) is 0 Å². The maximum Gasteiger partial charge on any atom is 0.125 e. The number of anilines is 1. The van der Waals surface area contributed by atoms with Crippen molar-refractivity contribution in [1.29, 1.82) is 0 Å². The van der Waals surface area contributed by atoms with Gasteiger partial charge in [-0.2, -0.15) is 0 Å². The molecule has 2 heterocycles. The van der Waals surface area contributed by atoms with Crippen LogP contribution < -0.4 is 16.0 Å². The van der Waals surface area contributed by atoms with Crippen LogP contribution in [-0.2, 0) is 12.0 Å². The molecule has 3 N–H and O–H groups in total. The molecule has 3 atom stereocenters. The first-order valence-electron chi connectivity index (χ1n) is 13.0. The third-order valence-electron chi connectivity index (χ3n) is 8.03. The minimum Gasteiger partial charge on any atom is -0.384 e. The number of aliphatic imine (C=N–C) groups is 1.